The summed E-state index contributed by atoms with van der Waals surface area (Å²) in [6.45, 7) is 6.13. The quantitative estimate of drug-likeness (QED) is 0.692. The number of benzene rings is 1. The van der Waals surface area contributed by atoms with Crippen LogP contribution in [0.5, 0.6) is 0 Å². The zero-order valence-corrected chi connectivity index (χ0v) is 13.7. The van der Waals surface area contributed by atoms with Crippen molar-refractivity contribution in [2.45, 2.75) is 39.0 Å². The first kappa shape index (κ1) is 16.2. The van der Waals surface area contributed by atoms with Gasteiger partial charge in [-0.1, -0.05) is 32.0 Å². The Balaban J connectivity index is 2.13. The van der Waals surface area contributed by atoms with E-state index >= 15 is 0 Å². The largest absolute Gasteiger partial charge is 0.316 e. The summed E-state index contributed by atoms with van der Waals surface area (Å²) in [5.41, 5.74) is 0.826. The lowest BCUT2D eigenvalue weighted by atomic mass is 9.94. The lowest BCUT2D eigenvalue weighted by molar-refractivity contribution is 0.538. The van der Waals surface area contributed by atoms with Crippen LogP contribution < -0.4 is 5.32 Å². The van der Waals surface area contributed by atoms with E-state index in [1.54, 1.807) is 12.1 Å². The molecule has 0 aliphatic heterocycles. The Morgan fingerprint density at radius 3 is 2.52 bits per heavy atom. The topological polar surface area (TPSA) is 12.0 Å². The maximum Gasteiger partial charge on any atom is 0.126 e. The summed E-state index contributed by atoms with van der Waals surface area (Å²) in [5.74, 6) is 0.106. The van der Waals surface area contributed by atoms with E-state index in [0.717, 1.165) is 37.9 Å². The summed E-state index contributed by atoms with van der Waals surface area (Å²) >= 11 is 1.85. The van der Waals surface area contributed by atoms with Crippen molar-refractivity contribution < 1.29 is 4.39 Å². The fourth-order valence-corrected chi connectivity index (χ4v) is 3.55. The predicted octanol–water partition coefficient (Wildman–Crippen LogP) is 4.78. The fourth-order valence-electron chi connectivity index (χ4n) is 2.52. The second-order valence-electron chi connectivity index (χ2n) is 5.35. The van der Waals surface area contributed by atoms with E-state index in [2.05, 4.69) is 31.3 Å². The van der Waals surface area contributed by atoms with Gasteiger partial charge < -0.3 is 5.32 Å². The van der Waals surface area contributed by atoms with Gasteiger partial charge in [0.1, 0.15) is 5.82 Å². The predicted molar refractivity (Wildman–Crippen MR) is 89.7 cm³/mol. The molecule has 1 nitrogen and oxygen atoms in total. The number of hydrogen-bond donors (Lipinski definition) is 1. The number of hydrogen-bond acceptors (Lipinski definition) is 2. The van der Waals surface area contributed by atoms with E-state index < -0.39 is 0 Å². The summed E-state index contributed by atoms with van der Waals surface area (Å²) < 4.78 is 14.1. The van der Waals surface area contributed by atoms with Crippen LogP contribution in [0.4, 0.5) is 4.39 Å². The van der Waals surface area contributed by atoms with Crippen molar-refractivity contribution in [2.75, 3.05) is 13.1 Å². The first-order chi connectivity index (χ1) is 10.2. The van der Waals surface area contributed by atoms with E-state index in [4.69, 9.17) is 0 Å². The van der Waals surface area contributed by atoms with Crippen LogP contribution in [0.3, 0.4) is 0 Å². The molecule has 1 N–H and O–H groups in total. The van der Waals surface area contributed by atoms with E-state index in [1.807, 2.05) is 23.5 Å². The van der Waals surface area contributed by atoms with Gasteiger partial charge in [-0.05, 0) is 49.6 Å². The van der Waals surface area contributed by atoms with Crippen molar-refractivity contribution in [3.8, 4) is 0 Å². The monoisotopic (exact) mass is 305 g/mol. The molecule has 0 aliphatic carbocycles. The van der Waals surface area contributed by atoms with Crippen molar-refractivity contribution in [1.29, 1.82) is 0 Å². The maximum absolute atomic E-state index is 14.1. The summed E-state index contributed by atoms with van der Waals surface area (Å²) in [5, 5.41) is 3.44. The third kappa shape index (κ3) is 4.65. The Hall–Kier alpha value is -1.19. The molecule has 1 unspecified atom stereocenters. The van der Waals surface area contributed by atoms with E-state index in [-0.39, 0.29) is 11.7 Å². The average Bonchev–Trinajstić information content (AvgIpc) is 2.95. The molecule has 1 aromatic heterocycles. The summed E-state index contributed by atoms with van der Waals surface area (Å²) in [7, 11) is 0. The molecule has 0 saturated carbocycles. The number of aryl methyl sites for hydroxylation is 1. The highest BCUT2D eigenvalue weighted by atomic mass is 32.1. The summed E-state index contributed by atoms with van der Waals surface area (Å²) in [6, 6.07) is 11.6. The molecule has 0 amide bonds. The van der Waals surface area contributed by atoms with Crippen LogP contribution in [0.25, 0.3) is 0 Å². The highest BCUT2D eigenvalue weighted by Crippen LogP contribution is 2.27. The molecule has 1 aromatic carbocycles. The lowest BCUT2D eigenvalue weighted by Crippen LogP contribution is -2.24. The SMILES string of the molecule is CCCNCC(Cc1ccc(CC)s1)c1ccccc1F. The molecule has 0 radical (unpaired) electrons. The van der Waals surface area contributed by atoms with Gasteiger partial charge in [-0.3, -0.25) is 0 Å². The molecule has 0 spiro atoms. The highest BCUT2D eigenvalue weighted by molar-refractivity contribution is 7.11. The van der Waals surface area contributed by atoms with Crippen molar-refractivity contribution in [3.63, 3.8) is 0 Å². The zero-order valence-electron chi connectivity index (χ0n) is 12.9. The van der Waals surface area contributed by atoms with Crippen molar-refractivity contribution in [3.05, 3.63) is 57.5 Å². The molecule has 2 aromatic rings. The molecular formula is C18H24FNS. The molecule has 0 saturated heterocycles. The zero-order chi connectivity index (χ0) is 15.1. The minimum atomic E-state index is -0.0898. The van der Waals surface area contributed by atoms with Gasteiger partial charge in [-0.15, -0.1) is 11.3 Å². The van der Waals surface area contributed by atoms with Gasteiger partial charge in [0.2, 0.25) is 0 Å². The Morgan fingerprint density at radius 1 is 1.10 bits per heavy atom. The Kier molecular flexibility index (Phi) is 6.40. The lowest BCUT2D eigenvalue weighted by Gasteiger charge is -2.18. The number of halogens is 1. The van der Waals surface area contributed by atoms with Gasteiger partial charge >= 0.3 is 0 Å². The summed E-state index contributed by atoms with van der Waals surface area (Å²) in [4.78, 5) is 2.75. The Bertz CT molecular complexity index is 550. The second kappa shape index (κ2) is 8.30. The Morgan fingerprint density at radius 2 is 1.86 bits per heavy atom. The molecule has 0 fully saturated rings. The minimum absolute atomic E-state index is 0.0898. The van der Waals surface area contributed by atoms with Crippen LogP contribution in [-0.2, 0) is 12.8 Å². The molecule has 1 heterocycles. The van der Waals surface area contributed by atoms with Crippen LogP contribution in [0.2, 0.25) is 0 Å². The van der Waals surface area contributed by atoms with Crippen molar-refractivity contribution in [2.24, 2.45) is 0 Å². The first-order valence-corrected chi connectivity index (χ1v) is 8.59. The van der Waals surface area contributed by atoms with Crippen LogP contribution in [-0.4, -0.2) is 13.1 Å². The van der Waals surface area contributed by atoms with Crippen LogP contribution >= 0.6 is 11.3 Å². The molecule has 0 aliphatic rings. The normalized spacial score (nSPS) is 12.5. The van der Waals surface area contributed by atoms with Gasteiger partial charge in [0.05, 0.1) is 0 Å². The molecule has 1 atom stereocenters. The van der Waals surface area contributed by atoms with Crippen molar-refractivity contribution >= 4 is 11.3 Å². The van der Waals surface area contributed by atoms with Gasteiger partial charge in [-0.25, -0.2) is 4.39 Å². The van der Waals surface area contributed by atoms with Crippen molar-refractivity contribution in [1.82, 2.24) is 5.32 Å². The third-order valence-electron chi connectivity index (χ3n) is 3.68. The first-order valence-electron chi connectivity index (χ1n) is 7.77. The number of rotatable bonds is 8. The molecule has 0 bridgehead atoms. The smallest absolute Gasteiger partial charge is 0.126 e. The van der Waals surface area contributed by atoms with E-state index in [9.17, 15) is 4.39 Å². The van der Waals surface area contributed by atoms with Gasteiger partial charge in [0, 0.05) is 22.2 Å². The van der Waals surface area contributed by atoms with Crippen LogP contribution in [0.1, 0.15) is 41.5 Å². The standard InChI is InChI=1S/C18H24FNS/c1-3-11-20-13-14(17-7-5-6-8-18(17)19)12-16-10-9-15(4-2)21-16/h5-10,14,20H,3-4,11-13H2,1-2H3. The van der Waals surface area contributed by atoms with Gasteiger partial charge in [0.15, 0.2) is 0 Å². The van der Waals surface area contributed by atoms with Gasteiger partial charge in [0.25, 0.3) is 0 Å². The molecule has 3 heteroatoms. The highest BCUT2D eigenvalue weighted by Gasteiger charge is 2.16. The number of thiophene rings is 1. The molecular weight excluding hydrogens is 281 g/mol. The van der Waals surface area contributed by atoms with E-state index in [1.165, 1.54) is 9.75 Å². The van der Waals surface area contributed by atoms with E-state index in [0.29, 0.717) is 0 Å². The number of nitrogens with one attached hydrogen (secondary N) is 1. The Labute approximate surface area is 131 Å². The third-order valence-corrected chi connectivity index (χ3v) is 4.93. The maximum atomic E-state index is 14.1. The average molecular weight is 305 g/mol. The molecule has 21 heavy (non-hydrogen) atoms. The van der Waals surface area contributed by atoms with Crippen LogP contribution in [0.15, 0.2) is 36.4 Å². The molecule has 2 rings (SSSR count). The second-order valence-corrected chi connectivity index (χ2v) is 6.60. The summed E-state index contributed by atoms with van der Waals surface area (Å²) in [6.07, 6.45) is 3.08. The van der Waals surface area contributed by atoms with Gasteiger partial charge in [-0.2, -0.15) is 0 Å². The van der Waals surface area contributed by atoms with Crippen LogP contribution in [0, 0.1) is 5.82 Å². The minimum Gasteiger partial charge on any atom is -0.316 e. The fraction of sp³-hybridized carbons (Fsp3) is 0.444. The molecule has 114 valence electrons.